The van der Waals surface area contributed by atoms with Gasteiger partial charge in [0, 0.05) is 131 Å². The molecular formula is C114H124Cl3N11O12. The topological polar surface area (TPSA) is 264 Å². The van der Waals surface area contributed by atoms with Crippen LogP contribution in [-0.4, -0.2) is 113 Å². The lowest BCUT2D eigenvalue weighted by molar-refractivity contribution is -0.118. The zero-order valence-corrected chi connectivity index (χ0v) is 86.5. The van der Waals surface area contributed by atoms with Gasteiger partial charge in [-0.05, 0) is 305 Å². The Hall–Kier alpha value is -13.6. The van der Waals surface area contributed by atoms with Gasteiger partial charge in [-0.1, -0.05) is 120 Å². The van der Waals surface area contributed by atoms with Crippen molar-refractivity contribution in [3.63, 3.8) is 0 Å². The number of pyridine rings is 1. The monoisotopic (exact) mass is 1940 g/mol. The third-order valence-corrected chi connectivity index (χ3v) is 28.5. The Balaban J connectivity index is 0.000000168. The van der Waals surface area contributed by atoms with Crippen LogP contribution < -0.4 is 24.8 Å². The lowest BCUT2D eigenvalue weighted by Gasteiger charge is -2.18. The molecule has 26 heteroatoms. The van der Waals surface area contributed by atoms with E-state index in [4.69, 9.17) is 62.6 Å². The summed E-state index contributed by atoms with van der Waals surface area (Å²) in [6.45, 7) is 33.1. The lowest BCUT2D eigenvalue weighted by Crippen LogP contribution is -2.28. The highest BCUT2D eigenvalue weighted by molar-refractivity contribution is 6.33. The molecule has 0 bridgehead atoms. The van der Waals surface area contributed by atoms with Crippen LogP contribution in [0.15, 0.2) is 166 Å². The Bertz CT molecular complexity index is 7160. The van der Waals surface area contributed by atoms with E-state index < -0.39 is 5.97 Å². The first-order chi connectivity index (χ1) is 66.8. The molecule has 23 nitrogen and oxygen atoms in total. The van der Waals surface area contributed by atoms with Gasteiger partial charge in [0.2, 0.25) is 11.8 Å². The fourth-order valence-electron chi connectivity index (χ4n) is 19.6. The summed E-state index contributed by atoms with van der Waals surface area (Å²) in [6, 6.07) is 47.4. The number of para-hydroxylation sites is 1. The summed E-state index contributed by atoms with van der Waals surface area (Å²) >= 11 is 19.1. The first kappa shape index (κ1) is 102. The number of allylic oxidation sites excluding steroid dienone is 2. The number of aryl methyl sites for hydroxylation is 18. The fraction of sp³-hybridized carbons (Fsp3) is 0.333. The number of fused-ring (bicyclic) bond motifs is 3. The summed E-state index contributed by atoms with van der Waals surface area (Å²) in [5.74, 6) is 3.72. The van der Waals surface area contributed by atoms with E-state index in [0.717, 1.165) is 213 Å². The minimum absolute atomic E-state index is 0.0311. The number of hydrogen-bond donors (Lipinski definition) is 2. The molecule has 0 aliphatic heterocycles. The standard InChI is InChI=1S/C42H44ClN3O4.C36H41ClN4O4.C36H39ClN4O4/c1-25-20-31(21-26(2)41(25)43)49-19-11-16-34-33-14-10-15-35(40-27(3)45-46(6)28(40)4)37(33)23-38(34)42(48)44-24-32-22-36(29(5)50-32)39(47)18-17-30-12-8-7-9-13-30;1-20-16-26(17-21(2)33(20)37)44-15-11-14-29-28-12-10-13-30(32-22(3)38-41(9)23(32)4)34(28)40(8)35(29)36(43)39(7)19-27-18-31(24(5)42)25(6)45-27;1-20-14-27(15-21(2)34(20)37)45-13-9-12-29-28-10-8-11-30(33-23(4)40-41(6)24(33)5)31(28)18-32(29)35(42)38-19-26-17-25(36(43)44-7)16-22(3)39-26/h7-10,12-15,20-22H,11,16-19,23-24H2,1-6H3,(H,44,48);10,12-13,16-18H,11,14-15,19H2,1-9H3;8,10-11,14-17H,9,12-13,18-19H2,1-7H3,(H,38,42). The van der Waals surface area contributed by atoms with E-state index in [0.29, 0.717) is 128 Å². The number of Topliss-reactive ketones (excluding diaryl/α,β-unsaturated/α-hetero) is 2. The summed E-state index contributed by atoms with van der Waals surface area (Å²) in [6.07, 6.45) is 6.22. The molecule has 14 aromatic rings. The molecule has 2 aliphatic carbocycles. The van der Waals surface area contributed by atoms with Gasteiger partial charge in [-0.2, -0.15) is 15.3 Å². The molecule has 728 valence electrons. The summed E-state index contributed by atoms with van der Waals surface area (Å²) < 4.78 is 42.8. The SMILES string of the molecule is CC(=O)c1cc(CN(C)C(=O)c2c(CCCOc3cc(C)c(Cl)c(C)c3)c3cccc(-c4c(C)nn(C)c4C)c3n2C)oc1C.COC(=O)c1cc(C)nc(CNC(=O)C2=C(CCCOc3cc(C)c(Cl)c(C)c3)c3cccc(-c4c(C)nn(C)c4C)c3C2)c1.Cc1cc(OCCCC2=C(C(=O)NCc3cc(C(=O)CCc4ccccc4)c(C)o3)Cc3c2cccc3-c2c(C)nn(C)c2C)cc(C)c1Cl. The molecule has 0 saturated heterocycles. The number of rotatable bonds is 33. The highest BCUT2D eigenvalue weighted by atomic mass is 35.5. The number of hydrogen-bond acceptors (Lipinski definition) is 16. The maximum absolute atomic E-state index is 14.3. The van der Waals surface area contributed by atoms with Crippen molar-refractivity contribution in [2.24, 2.45) is 28.2 Å². The van der Waals surface area contributed by atoms with E-state index in [-0.39, 0.29) is 48.9 Å². The van der Waals surface area contributed by atoms with Gasteiger partial charge in [0.15, 0.2) is 11.6 Å². The van der Waals surface area contributed by atoms with Crippen LogP contribution in [0.4, 0.5) is 0 Å². The number of aromatic nitrogens is 8. The highest BCUT2D eigenvalue weighted by Crippen LogP contribution is 2.46. The molecule has 16 rings (SSSR count). The molecule has 7 aromatic carbocycles. The van der Waals surface area contributed by atoms with Crippen molar-refractivity contribution in [2.75, 3.05) is 34.0 Å². The molecule has 0 fully saturated rings. The predicted octanol–water partition coefficient (Wildman–Crippen LogP) is 24.0. The fourth-order valence-corrected chi connectivity index (χ4v) is 19.9. The highest BCUT2D eigenvalue weighted by Gasteiger charge is 2.34. The Labute approximate surface area is 834 Å². The zero-order chi connectivity index (χ0) is 101. The number of methoxy groups -OCH3 is 1. The van der Waals surface area contributed by atoms with Crippen molar-refractivity contribution in [3.8, 4) is 50.6 Å². The van der Waals surface area contributed by atoms with E-state index in [9.17, 15) is 28.8 Å². The van der Waals surface area contributed by atoms with Crippen molar-refractivity contribution in [1.82, 2.24) is 54.4 Å². The lowest BCUT2D eigenvalue weighted by atomic mass is 9.93. The molecule has 3 amide bonds. The van der Waals surface area contributed by atoms with Crippen LogP contribution in [-0.2, 0) is 87.8 Å². The van der Waals surface area contributed by atoms with E-state index in [1.807, 2.05) is 183 Å². The summed E-state index contributed by atoms with van der Waals surface area (Å²) in [5.41, 5.74) is 32.9. The van der Waals surface area contributed by atoms with Gasteiger partial charge in [0.05, 0.1) is 91.5 Å². The maximum Gasteiger partial charge on any atom is 0.337 e. The zero-order valence-electron chi connectivity index (χ0n) is 84.2. The van der Waals surface area contributed by atoms with E-state index >= 15 is 0 Å². The van der Waals surface area contributed by atoms with Gasteiger partial charge >= 0.3 is 5.97 Å². The van der Waals surface area contributed by atoms with Crippen molar-refractivity contribution < 1.29 is 56.5 Å². The molecule has 0 unspecified atom stereocenters. The number of carbonyl (C=O) groups excluding carboxylic acids is 6. The third kappa shape index (κ3) is 22.5. The van der Waals surface area contributed by atoms with Crippen LogP contribution in [0.2, 0.25) is 15.1 Å². The Morgan fingerprint density at radius 2 is 0.893 bits per heavy atom. The van der Waals surface area contributed by atoms with E-state index in [1.54, 1.807) is 50.1 Å². The predicted molar refractivity (Wildman–Crippen MR) is 554 cm³/mol. The minimum Gasteiger partial charge on any atom is -0.494 e. The molecule has 0 radical (unpaired) electrons. The molecule has 2 aliphatic rings. The number of nitrogens with one attached hydrogen (secondary N) is 2. The number of halogens is 3. The maximum atomic E-state index is 14.3. The number of ketones is 2. The first-order valence-electron chi connectivity index (χ1n) is 47.4. The first-order valence-corrected chi connectivity index (χ1v) is 48.6. The quantitative estimate of drug-likeness (QED) is 0.0220. The molecule has 140 heavy (non-hydrogen) atoms. The molecule has 7 aromatic heterocycles. The molecule has 0 atom stereocenters. The van der Waals surface area contributed by atoms with Gasteiger partial charge in [0.1, 0.15) is 46.0 Å². The second-order valence-electron chi connectivity index (χ2n) is 36.8. The molecule has 0 spiro atoms. The number of amides is 3. The van der Waals surface area contributed by atoms with Crippen LogP contribution in [0.3, 0.4) is 0 Å². The average Bonchev–Trinajstić information content (AvgIpc) is 1.58. The number of furan rings is 2. The van der Waals surface area contributed by atoms with E-state index in [1.165, 1.54) is 14.0 Å². The molecule has 7 heterocycles. The molecule has 0 saturated carbocycles. The summed E-state index contributed by atoms with van der Waals surface area (Å²) in [5, 5.41) is 23.4. The number of esters is 1. The summed E-state index contributed by atoms with van der Waals surface area (Å²) in [4.78, 5) is 85.5. The second kappa shape index (κ2) is 44.3. The van der Waals surface area contributed by atoms with Crippen LogP contribution in [0.1, 0.15) is 222 Å². The Morgan fingerprint density at radius 3 is 1.34 bits per heavy atom. The second-order valence-corrected chi connectivity index (χ2v) is 38.0. The van der Waals surface area contributed by atoms with Crippen molar-refractivity contribution in [3.05, 3.63) is 330 Å². The molecule has 2 N–H and O–H groups in total. The average molecular weight is 1950 g/mol. The number of ether oxygens (including phenoxy) is 4. The Morgan fingerprint density at radius 1 is 0.471 bits per heavy atom. The van der Waals surface area contributed by atoms with Crippen LogP contribution in [0, 0.1) is 104 Å². The van der Waals surface area contributed by atoms with Crippen LogP contribution in [0.25, 0.3) is 55.4 Å². The van der Waals surface area contributed by atoms with Crippen LogP contribution in [0.5, 0.6) is 17.2 Å². The third-order valence-electron chi connectivity index (χ3n) is 26.7. The van der Waals surface area contributed by atoms with Gasteiger partial charge in [-0.3, -0.25) is 43.0 Å². The van der Waals surface area contributed by atoms with Gasteiger partial charge < -0.3 is 47.9 Å². The van der Waals surface area contributed by atoms with Gasteiger partial charge in [-0.15, -0.1) is 0 Å². The van der Waals surface area contributed by atoms with Crippen molar-refractivity contribution >= 4 is 92.1 Å². The van der Waals surface area contributed by atoms with Crippen molar-refractivity contribution in [2.45, 2.75) is 195 Å². The number of benzene rings is 7. The normalized spacial score (nSPS) is 12.1. The molecular weight excluding hydrogens is 1820 g/mol. The van der Waals surface area contributed by atoms with E-state index in [2.05, 4.69) is 106 Å². The number of nitrogens with zero attached hydrogens (tertiary/aromatic N) is 9. The van der Waals surface area contributed by atoms with Gasteiger partial charge in [-0.25, -0.2) is 4.79 Å². The summed E-state index contributed by atoms with van der Waals surface area (Å²) in [7, 11) is 10.9. The van der Waals surface area contributed by atoms with Crippen molar-refractivity contribution in [1.29, 1.82) is 0 Å². The Kier molecular flexibility index (Phi) is 32.3. The largest absolute Gasteiger partial charge is 0.494 e. The number of carbonyl (C=O) groups is 6. The minimum atomic E-state index is -0.441. The van der Waals surface area contributed by atoms with Crippen LogP contribution >= 0.6 is 34.8 Å². The van der Waals surface area contributed by atoms with Gasteiger partial charge in [0.25, 0.3) is 5.91 Å². The smallest absolute Gasteiger partial charge is 0.337 e.